The molecule has 0 fully saturated rings. The highest BCUT2D eigenvalue weighted by atomic mass is 32.2. The third kappa shape index (κ3) is 4.17. The summed E-state index contributed by atoms with van der Waals surface area (Å²) in [6.07, 6.45) is 0. The van der Waals surface area contributed by atoms with Crippen LogP contribution < -0.4 is 0 Å². The molecule has 0 aliphatic heterocycles. The van der Waals surface area contributed by atoms with Crippen molar-refractivity contribution in [3.63, 3.8) is 0 Å². The Morgan fingerprint density at radius 1 is 1.24 bits per heavy atom. The van der Waals surface area contributed by atoms with E-state index in [0.717, 1.165) is 5.56 Å². The Morgan fingerprint density at radius 3 is 2.57 bits per heavy atom. The van der Waals surface area contributed by atoms with Crippen molar-refractivity contribution in [3.05, 3.63) is 70.5 Å². The number of rotatable bonds is 5. The average molecular weight is 299 g/mol. The smallest absolute Gasteiger partial charge is 0.172 e. The molecule has 4 heteroatoms. The zero-order valence-corrected chi connectivity index (χ0v) is 12.4. The van der Waals surface area contributed by atoms with Crippen molar-refractivity contribution in [2.75, 3.05) is 5.75 Å². The van der Waals surface area contributed by atoms with E-state index in [4.69, 9.17) is 5.26 Å². The Labute approximate surface area is 127 Å². The van der Waals surface area contributed by atoms with Crippen LogP contribution in [0.15, 0.2) is 42.5 Å². The fourth-order valence-corrected chi connectivity index (χ4v) is 2.72. The van der Waals surface area contributed by atoms with Crippen LogP contribution in [0.25, 0.3) is 0 Å². The number of aryl methyl sites for hydroxylation is 1. The van der Waals surface area contributed by atoms with Crippen molar-refractivity contribution < 1.29 is 9.18 Å². The van der Waals surface area contributed by atoms with Gasteiger partial charge >= 0.3 is 0 Å². The van der Waals surface area contributed by atoms with Crippen LogP contribution in [-0.2, 0) is 5.75 Å². The lowest BCUT2D eigenvalue weighted by molar-refractivity contribution is 0.102. The lowest BCUT2D eigenvalue weighted by Crippen LogP contribution is -2.03. The molecule has 0 aliphatic carbocycles. The lowest BCUT2D eigenvalue weighted by atomic mass is 10.1. The average Bonchev–Trinajstić information content (AvgIpc) is 2.50. The van der Waals surface area contributed by atoms with Crippen LogP contribution in [0.4, 0.5) is 4.39 Å². The molecule has 0 aliphatic rings. The maximum Gasteiger partial charge on any atom is 0.172 e. The molecule has 2 aromatic carbocycles. The Morgan fingerprint density at radius 2 is 1.95 bits per heavy atom. The van der Waals surface area contributed by atoms with E-state index in [0.29, 0.717) is 28.2 Å². The number of hydrogen-bond acceptors (Lipinski definition) is 3. The van der Waals surface area contributed by atoms with Gasteiger partial charge in [0.15, 0.2) is 5.78 Å². The van der Waals surface area contributed by atoms with Gasteiger partial charge in [0.05, 0.1) is 17.4 Å². The lowest BCUT2D eigenvalue weighted by Gasteiger charge is -2.04. The normalized spacial score (nSPS) is 10.1. The van der Waals surface area contributed by atoms with E-state index in [1.165, 1.54) is 23.9 Å². The van der Waals surface area contributed by atoms with Gasteiger partial charge in [0.2, 0.25) is 0 Å². The minimum absolute atomic E-state index is 0.00301. The molecule has 0 unspecified atom stereocenters. The van der Waals surface area contributed by atoms with Crippen molar-refractivity contribution in [3.8, 4) is 6.07 Å². The zero-order chi connectivity index (χ0) is 15.2. The summed E-state index contributed by atoms with van der Waals surface area (Å²) in [6, 6.07) is 13.8. The minimum Gasteiger partial charge on any atom is -0.293 e. The van der Waals surface area contributed by atoms with Gasteiger partial charge in [-0.05, 0) is 48.4 Å². The van der Waals surface area contributed by atoms with Gasteiger partial charge < -0.3 is 0 Å². The van der Waals surface area contributed by atoms with Gasteiger partial charge in [-0.25, -0.2) is 4.39 Å². The van der Waals surface area contributed by atoms with Crippen molar-refractivity contribution in [1.29, 1.82) is 5.26 Å². The monoisotopic (exact) mass is 299 g/mol. The zero-order valence-electron chi connectivity index (χ0n) is 11.6. The molecule has 0 N–H and O–H groups in total. The maximum atomic E-state index is 13.2. The van der Waals surface area contributed by atoms with E-state index in [9.17, 15) is 9.18 Å². The van der Waals surface area contributed by atoms with Gasteiger partial charge in [-0.1, -0.05) is 12.1 Å². The summed E-state index contributed by atoms with van der Waals surface area (Å²) in [6.45, 7) is 1.65. The Bertz CT molecular complexity index is 689. The summed E-state index contributed by atoms with van der Waals surface area (Å²) < 4.78 is 13.2. The molecule has 0 saturated carbocycles. The summed E-state index contributed by atoms with van der Waals surface area (Å²) >= 11 is 1.51. The molecule has 106 valence electrons. The quantitative estimate of drug-likeness (QED) is 0.780. The predicted octanol–water partition coefficient (Wildman–Crippen LogP) is 4.12. The molecule has 0 aromatic heterocycles. The van der Waals surface area contributed by atoms with E-state index in [2.05, 4.69) is 6.07 Å². The molecule has 0 spiro atoms. The highest BCUT2D eigenvalue weighted by Gasteiger charge is 2.08. The molecule has 0 amide bonds. The SMILES string of the molecule is Cc1cc(C(=O)CSCc2ccc(C#N)cc2)ccc1F. The van der Waals surface area contributed by atoms with Crippen LogP contribution in [0.3, 0.4) is 0 Å². The molecule has 2 rings (SSSR count). The molecule has 2 nitrogen and oxygen atoms in total. The molecular weight excluding hydrogens is 285 g/mol. The van der Waals surface area contributed by atoms with Crippen molar-refractivity contribution in [2.24, 2.45) is 0 Å². The Kier molecular flexibility index (Phi) is 5.13. The van der Waals surface area contributed by atoms with Gasteiger partial charge in [0.25, 0.3) is 0 Å². The van der Waals surface area contributed by atoms with Gasteiger partial charge in [0.1, 0.15) is 5.82 Å². The Hall–Kier alpha value is -2.12. The van der Waals surface area contributed by atoms with Crippen molar-refractivity contribution in [1.82, 2.24) is 0 Å². The summed E-state index contributed by atoms with van der Waals surface area (Å²) in [7, 11) is 0. The van der Waals surface area contributed by atoms with E-state index < -0.39 is 0 Å². The van der Waals surface area contributed by atoms with Gasteiger partial charge in [-0.3, -0.25) is 4.79 Å². The molecule has 0 radical (unpaired) electrons. The summed E-state index contributed by atoms with van der Waals surface area (Å²) in [5, 5.41) is 8.72. The van der Waals surface area contributed by atoms with Gasteiger partial charge in [0, 0.05) is 11.3 Å². The van der Waals surface area contributed by atoms with Crippen LogP contribution >= 0.6 is 11.8 Å². The van der Waals surface area contributed by atoms with Crippen molar-refractivity contribution in [2.45, 2.75) is 12.7 Å². The van der Waals surface area contributed by atoms with Crippen LogP contribution in [0.5, 0.6) is 0 Å². The number of halogens is 1. The standard InChI is InChI=1S/C17H14FNOS/c1-12-8-15(6-7-16(12)18)17(20)11-21-10-14-4-2-13(9-19)3-5-14/h2-8H,10-11H2,1H3. The summed E-state index contributed by atoms with van der Waals surface area (Å²) in [5.74, 6) is 0.761. The van der Waals surface area contributed by atoms with Crippen LogP contribution in [0.1, 0.15) is 27.0 Å². The first-order valence-corrected chi connectivity index (χ1v) is 7.62. The second kappa shape index (κ2) is 7.05. The molecule has 0 atom stereocenters. The Balaban J connectivity index is 1.89. The third-order valence-corrected chi connectivity index (χ3v) is 4.07. The second-order valence-electron chi connectivity index (χ2n) is 4.69. The number of carbonyl (C=O) groups excluding carboxylic acids is 1. The highest BCUT2D eigenvalue weighted by molar-refractivity contribution is 7.99. The fraction of sp³-hybridized carbons (Fsp3) is 0.176. The van der Waals surface area contributed by atoms with E-state index in [-0.39, 0.29) is 11.6 Å². The number of hydrogen-bond donors (Lipinski definition) is 0. The molecule has 0 bridgehead atoms. The molecule has 2 aromatic rings. The first-order valence-electron chi connectivity index (χ1n) is 6.46. The number of benzene rings is 2. The van der Waals surface area contributed by atoms with E-state index in [1.54, 1.807) is 25.1 Å². The van der Waals surface area contributed by atoms with Crippen LogP contribution in [-0.4, -0.2) is 11.5 Å². The summed E-state index contributed by atoms with van der Waals surface area (Å²) in [4.78, 5) is 12.0. The first-order chi connectivity index (χ1) is 10.1. The molecule has 0 heterocycles. The first kappa shape index (κ1) is 15.3. The minimum atomic E-state index is -0.295. The largest absolute Gasteiger partial charge is 0.293 e. The van der Waals surface area contributed by atoms with Gasteiger partial charge in [-0.2, -0.15) is 5.26 Å². The third-order valence-electron chi connectivity index (χ3n) is 3.06. The van der Waals surface area contributed by atoms with Crippen LogP contribution in [0.2, 0.25) is 0 Å². The maximum absolute atomic E-state index is 13.2. The van der Waals surface area contributed by atoms with Crippen molar-refractivity contribution >= 4 is 17.5 Å². The molecule has 21 heavy (non-hydrogen) atoms. The second-order valence-corrected chi connectivity index (χ2v) is 5.67. The van der Waals surface area contributed by atoms with Crippen LogP contribution in [0, 0.1) is 24.1 Å². The number of Topliss-reactive ketones (excluding diaryl/α,β-unsaturated/α-hetero) is 1. The number of nitriles is 1. The molecular formula is C17H14FNOS. The number of carbonyl (C=O) groups is 1. The highest BCUT2D eigenvalue weighted by Crippen LogP contribution is 2.16. The number of nitrogens with zero attached hydrogens (tertiary/aromatic N) is 1. The van der Waals surface area contributed by atoms with E-state index in [1.807, 2.05) is 12.1 Å². The van der Waals surface area contributed by atoms with Gasteiger partial charge in [-0.15, -0.1) is 11.8 Å². The number of ketones is 1. The number of thioether (sulfide) groups is 1. The van der Waals surface area contributed by atoms with E-state index >= 15 is 0 Å². The summed E-state index contributed by atoms with van der Waals surface area (Å²) in [5.41, 5.74) is 2.72. The molecule has 0 saturated heterocycles. The predicted molar refractivity (Wildman–Crippen MR) is 82.8 cm³/mol. The topological polar surface area (TPSA) is 40.9 Å². The fourth-order valence-electron chi connectivity index (χ4n) is 1.84.